The summed E-state index contributed by atoms with van der Waals surface area (Å²) in [6.07, 6.45) is 6.09. The van der Waals surface area contributed by atoms with Gasteiger partial charge in [-0.05, 0) is 31.0 Å². The summed E-state index contributed by atoms with van der Waals surface area (Å²) in [6, 6.07) is 9.09. The molecule has 2 heterocycles. The van der Waals surface area contributed by atoms with E-state index in [0.29, 0.717) is 6.04 Å². The predicted molar refractivity (Wildman–Crippen MR) is 62.9 cm³/mol. The third-order valence-electron chi connectivity index (χ3n) is 3.31. The molecule has 1 aromatic carbocycles. The van der Waals surface area contributed by atoms with E-state index in [1.54, 1.807) is 0 Å². The van der Waals surface area contributed by atoms with Crippen molar-refractivity contribution in [2.75, 3.05) is 6.54 Å². The molecule has 2 N–H and O–H groups in total. The van der Waals surface area contributed by atoms with Crippen LogP contribution in [0.25, 0.3) is 10.9 Å². The van der Waals surface area contributed by atoms with Crippen LogP contribution in [0.4, 0.5) is 0 Å². The molecule has 2 nitrogen and oxygen atoms in total. The van der Waals surface area contributed by atoms with E-state index in [1.165, 1.54) is 35.7 Å². The van der Waals surface area contributed by atoms with Crippen molar-refractivity contribution in [1.82, 2.24) is 10.3 Å². The number of rotatable bonds is 1. The van der Waals surface area contributed by atoms with Crippen molar-refractivity contribution in [2.45, 2.75) is 25.3 Å². The van der Waals surface area contributed by atoms with Crippen LogP contribution in [0.5, 0.6) is 0 Å². The van der Waals surface area contributed by atoms with Crippen molar-refractivity contribution in [3.05, 3.63) is 36.0 Å². The van der Waals surface area contributed by atoms with Gasteiger partial charge in [-0.15, -0.1) is 0 Å². The molecule has 1 aliphatic heterocycles. The number of benzene rings is 1. The quantitative estimate of drug-likeness (QED) is 0.727. The lowest BCUT2D eigenvalue weighted by Gasteiger charge is -2.23. The number of hydrogen-bond acceptors (Lipinski definition) is 1. The molecule has 78 valence electrons. The number of H-pyrrole nitrogens is 1. The minimum atomic E-state index is 0.551. The van der Waals surface area contributed by atoms with Gasteiger partial charge in [0.05, 0.1) is 0 Å². The zero-order chi connectivity index (χ0) is 10.1. The highest BCUT2D eigenvalue weighted by Gasteiger charge is 2.17. The van der Waals surface area contributed by atoms with E-state index in [2.05, 4.69) is 40.8 Å². The molecular formula is C13H16N2. The van der Waals surface area contributed by atoms with Crippen LogP contribution in [0.15, 0.2) is 30.5 Å². The van der Waals surface area contributed by atoms with Crippen LogP contribution in [0.3, 0.4) is 0 Å². The van der Waals surface area contributed by atoms with E-state index in [0.717, 1.165) is 6.54 Å². The number of aromatic amines is 1. The number of hydrogen-bond donors (Lipinski definition) is 2. The maximum absolute atomic E-state index is 3.59. The molecule has 2 aromatic rings. The van der Waals surface area contributed by atoms with E-state index < -0.39 is 0 Å². The van der Waals surface area contributed by atoms with Gasteiger partial charge in [0.2, 0.25) is 0 Å². The number of para-hydroxylation sites is 1. The third kappa shape index (κ3) is 1.55. The predicted octanol–water partition coefficient (Wildman–Crippen LogP) is 2.98. The van der Waals surface area contributed by atoms with E-state index in [4.69, 9.17) is 0 Å². The minimum absolute atomic E-state index is 0.551. The Morgan fingerprint density at radius 3 is 2.93 bits per heavy atom. The van der Waals surface area contributed by atoms with Crippen molar-refractivity contribution < 1.29 is 0 Å². The Balaban J connectivity index is 2.02. The summed E-state index contributed by atoms with van der Waals surface area (Å²) >= 11 is 0. The Morgan fingerprint density at radius 2 is 2.07 bits per heavy atom. The van der Waals surface area contributed by atoms with Crippen LogP contribution in [-0.4, -0.2) is 11.5 Å². The highest BCUT2D eigenvalue weighted by Crippen LogP contribution is 2.28. The first-order chi connectivity index (χ1) is 7.45. The monoisotopic (exact) mass is 200 g/mol. The maximum Gasteiger partial charge on any atom is 0.0457 e. The van der Waals surface area contributed by atoms with Gasteiger partial charge in [0.15, 0.2) is 0 Å². The standard InChI is InChI=1S/C13H16N2/c1-2-6-12-10(5-1)11(9-15-12)13-7-3-4-8-14-13/h1-2,5-6,9,13-15H,3-4,7-8H2. The van der Waals surface area contributed by atoms with Crippen molar-refractivity contribution in [3.8, 4) is 0 Å². The van der Waals surface area contributed by atoms with Crippen molar-refractivity contribution >= 4 is 10.9 Å². The van der Waals surface area contributed by atoms with E-state index >= 15 is 0 Å². The Morgan fingerprint density at radius 1 is 1.13 bits per heavy atom. The maximum atomic E-state index is 3.59. The summed E-state index contributed by atoms with van der Waals surface area (Å²) in [4.78, 5) is 3.35. The summed E-state index contributed by atoms with van der Waals surface area (Å²) in [5, 5.41) is 4.97. The molecule has 1 aliphatic rings. The fourth-order valence-electron chi connectivity index (χ4n) is 2.50. The Bertz CT molecular complexity index is 452. The van der Waals surface area contributed by atoms with Crippen molar-refractivity contribution in [2.24, 2.45) is 0 Å². The molecule has 0 spiro atoms. The zero-order valence-electron chi connectivity index (χ0n) is 8.79. The summed E-state index contributed by atoms with van der Waals surface area (Å²) in [5.74, 6) is 0. The average molecular weight is 200 g/mol. The summed E-state index contributed by atoms with van der Waals surface area (Å²) in [5.41, 5.74) is 2.69. The van der Waals surface area contributed by atoms with Gasteiger partial charge in [-0.1, -0.05) is 24.6 Å². The molecular weight excluding hydrogens is 184 g/mol. The fourth-order valence-corrected chi connectivity index (χ4v) is 2.50. The molecule has 0 radical (unpaired) electrons. The highest BCUT2D eigenvalue weighted by atomic mass is 14.9. The van der Waals surface area contributed by atoms with Crippen LogP contribution in [0, 0.1) is 0 Å². The van der Waals surface area contributed by atoms with Gasteiger partial charge in [0.1, 0.15) is 0 Å². The zero-order valence-corrected chi connectivity index (χ0v) is 8.79. The Labute approximate surface area is 89.7 Å². The van der Waals surface area contributed by atoms with Gasteiger partial charge in [0, 0.05) is 23.1 Å². The molecule has 0 aliphatic carbocycles. The average Bonchev–Trinajstić information content (AvgIpc) is 2.74. The van der Waals surface area contributed by atoms with E-state index in [9.17, 15) is 0 Å². The van der Waals surface area contributed by atoms with Crippen LogP contribution >= 0.6 is 0 Å². The van der Waals surface area contributed by atoms with Gasteiger partial charge in [0.25, 0.3) is 0 Å². The molecule has 1 unspecified atom stereocenters. The van der Waals surface area contributed by atoms with Gasteiger partial charge in [-0.3, -0.25) is 0 Å². The normalized spacial score (nSPS) is 22.0. The van der Waals surface area contributed by atoms with Crippen LogP contribution in [-0.2, 0) is 0 Å². The highest BCUT2D eigenvalue weighted by molar-refractivity contribution is 5.83. The first kappa shape index (κ1) is 8.98. The molecule has 1 aromatic heterocycles. The lowest BCUT2D eigenvalue weighted by molar-refractivity contribution is 0.414. The molecule has 15 heavy (non-hydrogen) atoms. The van der Waals surface area contributed by atoms with Crippen molar-refractivity contribution in [1.29, 1.82) is 0 Å². The van der Waals surface area contributed by atoms with E-state index in [-0.39, 0.29) is 0 Å². The lowest BCUT2D eigenvalue weighted by Crippen LogP contribution is -2.26. The molecule has 2 heteroatoms. The fraction of sp³-hybridized carbons (Fsp3) is 0.385. The van der Waals surface area contributed by atoms with Crippen LogP contribution in [0.2, 0.25) is 0 Å². The molecule has 3 rings (SSSR count). The largest absolute Gasteiger partial charge is 0.361 e. The summed E-state index contributed by atoms with van der Waals surface area (Å²) < 4.78 is 0. The molecule has 1 saturated heterocycles. The van der Waals surface area contributed by atoms with Crippen LogP contribution < -0.4 is 5.32 Å². The van der Waals surface area contributed by atoms with Gasteiger partial charge < -0.3 is 10.3 Å². The second kappa shape index (κ2) is 3.70. The minimum Gasteiger partial charge on any atom is -0.361 e. The number of fused-ring (bicyclic) bond motifs is 1. The molecule has 0 amide bonds. The first-order valence-electron chi connectivity index (χ1n) is 5.74. The van der Waals surface area contributed by atoms with Gasteiger partial charge >= 0.3 is 0 Å². The second-order valence-corrected chi connectivity index (χ2v) is 4.29. The molecule has 1 atom stereocenters. The Hall–Kier alpha value is -1.28. The molecule has 0 saturated carbocycles. The molecule has 0 bridgehead atoms. The van der Waals surface area contributed by atoms with Crippen LogP contribution in [0.1, 0.15) is 30.9 Å². The van der Waals surface area contributed by atoms with Crippen molar-refractivity contribution in [3.63, 3.8) is 0 Å². The summed E-state index contributed by atoms with van der Waals surface area (Å²) in [6.45, 7) is 1.16. The third-order valence-corrected chi connectivity index (χ3v) is 3.31. The smallest absolute Gasteiger partial charge is 0.0457 e. The van der Waals surface area contributed by atoms with E-state index in [1.807, 2.05) is 0 Å². The Kier molecular flexibility index (Phi) is 2.22. The first-order valence-corrected chi connectivity index (χ1v) is 5.74. The summed E-state index contributed by atoms with van der Waals surface area (Å²) in [7, 11) is 0. The topological polar surface area (TPSA) is 27.8 Å². The SMILES string of the molecule is c1ccc2c(C3CCCCN3)c[nH]c2c1. The van der Waals surface area contributed by atoms with Gasteiger partial charge in [-0.25, -0.2) is 0 Å². The van der Waals surface area contributed by atoms with Gasteiger partial charge in [-0.2, -0.15) is 0 Å². The lowest BCUT2D eigenvalue weighted by atomic mass is 9.97. The number of nitrogens with one attached hydrogen (secondary N) is 2. The molecule has 1 fully saturated rings. The second-order valence-electron chi connectivity index (χ2n) is 4.29. The number of aromatic nitrogens is 1. The number of piperidine rings is 1.